The van der Waals surface area contributed by atoms with Gasteiger partial charge in [-0.05, 0) is 31.6 Å². The lowest BCUT2D eigenvalue weighted by Gasteiger charge is -2.62. The third-order valence-corrected chi connectivity index (χ3v) is 5.57. The summed E-state index contributed by atoms with van der Waals surface area (Å²) in [7, 11) is 0. The molecule has 0 aromatic rings. The maximum absolute atomic E-state index is 12.3. The zero-order valence-corrected chi connectivity index (χ0v) is 11.8. The highest BCUT2D eigenvalue weighted by Gasteiger charge is 2.66. The van der Waals surface area contributed by atoms with Gasteiger partial charge >= 0.3 is 5.97 Å². The Morgan fingerprint density at radius 1 is 1.16 bits per heavy atom. The Morgan fingerprint density at radius 3 is 2.63 bits per heavy atom. The van der Waals surface area contributed by atoms with Gasteiger partial charge in [0.1, 0.15) is 11.4 Å². The summed E-state index contributed by atoms with van der Waals surface area (Å²) in [5.74, 6) is 1.11. The minimum atomic E-state index is -0.414. The van der Waals surface area contributed by atoms with Gasteiger partial charge in [-0.15, -0.1) is 0 Å². The predicted molar refractivity (Wildman–Crippen MR) is 71.5 cm³/mol. The van der Waals surface area contributed by atoms with Crippen LogP contribution in [0.3, 0.4) is 0 Å². The molecule has 0 radical (unpaired) electrons. The van der Waals surface area contributed by atoms with E-state index in [1.807, 2.05) is 0 Å². The van der Waals surface area contributed by atoms with Crippen molar-refractivity contribution in [3.05, 3.63) is 0 Å². The van der Waals surface area contributed by atoms with Crippen LogP contribution in [0.1, 0.15) is 64.7 Å². The van der Waals surface area contributed by atoms with Gasteiger partial charge in [0.15, 0.2) is 0 Å². The Morgan fingerprint density at radius 2 is 1.89 bits per heavy atom. The first kappa shape index (κ1) is 13.1. The first-order chi connectivity index (χ1) is 9.15. The summed E-state index contributed by atoms with van der Waals surface area (Å²) in [6.45, 7) is 1.49. The molecular weight excluding hydrogens is 240 g/mol. The topological polar surface area (TPSA) is 43.4 Å². The molecule has 0 aromatic heterocycles. The molecule has 19 heavy (non-hydrogen) atoms. The standard InChI is InChI=1S/C16H24O3/c1-11(17)19-16-10-6-9-14(18)15(16)12-7-4-2-3-5-8-13(12)16/h12-13,15H,2-10H2,1H3/t12?,13?,15-,16-/m1/s1. The number of esters is 1. The average Bonchev–Trinajstić information content (AvgIpc) is 2.30. The quantitative estimate of drug-likeness (QED) is 0.683. The molecule has 0 saturated heterocycles. The van der Waals surface area contributed by atoms with Crippen molar-refractivity contribution in [2.45, 2.75) is 70.3 Å². The number of carbonyl (C=O) groups is 2. The van der Waals surface area contributed by atoms with Crippen LogP contribution in [-0.2, 0) is 14.3 Å². The number of hydrogen-bond acceptors (Lipinski definition) is 3. The number of carbonyl (C=O) groups excluding carboxylic acids is 2. The van der Waals surface area contributed by atoms with Crippen LogP contribution in [-0.4, -0.2) is 17.4 Å². The van der Waals surface area contributed by atoms with Gasteiger partial charge in [0.25, 0.3) is 0 Å². The maximum atomic E-state index is 12.3. The molecule has 3 heteroatoms. The minimum Gasteiger partial charge on any atom is -0.458 e. The second-order valence-corrected chi connectivity index (χ2v) is 6.61. The number of fused-ring (bicyclic) bond motifs is 4. The van der Waals surface area contributed by atoms with Crippen LogP contribution in [0.5, 0.6) is 0 Å². The number of rotatable bonds is 1. The summed E-state index contributed by atoms with van der Waals surface area (Å²) in [5.41, 5.74) is -0.414. The van der Waals surface area contributed by atoms with Crippen LogP contribution in [0.25, 0.3) is 0 Å². The Hall–Kier alpha value is -0.860. The summed E-state index contributed by atoms with van der Waals surface area (Å²) in [6.07, 6.45) is 9.84. The molecule has 0 aromatic carbocycles. The highest BCUT2D eigenvalue weighted by Crippen LogP contribution is 2.61. The lowest BCUT2D eigenvalue weighted by molar-refractivity contribution is -0.235. The highest BCUT2D eigenvalue weighted by molar-refractivity contribution is 5.85. The van der Waals surface area contributed by atoms with Gasteiger partial charge < -0.3 is 4.74 Å². The van der Waals surface area contributed by atoms with Gasteiger partial charge in [-0.25, -0.2) is 0 Å². The molecule has 3 rings (SSSR count). The molecule has 2 unspecified atom stereocenters. The predicted octanol–water partition coefficient (Wildman–Crippen LogP) is 3.26. The lowest BCUT2D eigenvalue weighted by atomic mass is 9.46. The molecular formula is C16H24O3. The molecule has 3 aliphatic rings. The summed E-state index contributed by atoms with van der Waals surface area (Å²) >= 11 is 0. The second-order valence-electron chi connectivity index (χ2n) is 6.61. The first-order valence-corrected chi connectivity index (χ1v) is 7.87. The van der Waals surface area contributed by atoms with Gasteiger partial charge in [0.05, 0.1) is 5.92 Å². The summed E-state index contributed by atoms with van der Waals surface area (Å²) in [4.78, 5) is 23.8. The molecule has 3 saturated carbocycles. The van der Waals surface area contributed by atoms with Crippen LogP contribution in [0.4, 0.5) is 0 Å². The van der Waals surface area contributed by atoms with Crippen LogP contribution in [0.15, 0.2) is 0 Å². The third kappa shape index (κ3) is 2.02. The van der Waals surface area contributed by atoms with Crippen molar-refractivity contribution in [1.82, 2.24) is 0 Å². The molecule has 3 fully saturated rings. The van der Waals surface area contributed by atoms with Crippen molar-refractivity contribution >= 4 is 11.8 Å². The van der Waals surface area contributed by atoms with Crippen molar-refractivity contribution < 1.29 is 14.3 Å². The molecule has 0 amide bonds. The monoisotopic (exact) mass is 264 g/mol. The number of hydrogen-bond donors (Lipinski definition) is 0. The fourth-order valence-electron chi connectivity index (χ4n) is 5.00. The first-order valence-electron chi connectivity index (χ1n) is 7.87. The van der Waals surface area contributed by atoms with E-state index in [4.69, 9.17) is 4.74 Å². The van der Waals surface area contributed by atoms with Crippen LogP contribution < -0.4 is 0 Å². The summed E-state index contributed by atoms with van der Waals surface area (Å²) < 4.78 is 5.75. The van der Waals surface area contributed by atoms with Crippen molar-refractivity contribution in [1.29, 1.82) is 0 Å². The van der Waals surface area contributed by atoms with E-state index < -0.39 is 5.60 Å². The van der Waals surface area contributed by atoms with Crippen molar-refractivity contribution in [2.75, 3.05) is 0 Å². The molecule has 0 spiro atoms. The Labute approximate surface area is 115 Å². The smallest absolute Gasteiger partial charge is 0.303 e. The van der Waals surface area contributed by atoms with E-state index >= 15 is 0 Å². The second kappa shape index (κ2) is 4.92. The molecule has 106 valence electrons. The number of ketones is 1. The highest BCUT2D eigenvalue weighted by atomic mass is 16.6. The molecule has 0 N–H and O–H groups in total. The van der Waals surface area contributed by atoms with Crippen LogP contribution in [0.2, 0.25) is 0 Å². The molecule has 3 nitrogen and oxygen atoms in total. The van der Waals surface area contributed by atoms with Crippen LogP contribution >= 0.6 is 0 Å². The van der Waals surface area contributed by atoms with Gasteiger partial charge in [0, 0.05) is 19.3 Å². The SMILES string of the molecule is CC(=O)O[C@@]12CCCC(=O)[C@H]1C1CCCCCCC12. The molecule has 3 aliphatic carbocycles. The Bertz CT molecular complexity index is 389. The Balaban J connectivity index is 1.87. The normalized spacial score (nSPS) is 42.2. The Kier molecular flexibility index (Phi) is 3.40. The van der Waals surface area contributed by atoms with Gasteiger partial charge in [-0.1, -0.05) is 25.7 Å². The van der Waals surface area contributed by atoms with Gasteiger partial charge in [-0.3, -0.25) is 9.59 Å². The van der Waals surface area contributed by atoms with Crippen LogP contribution in [0, 0.1) is 17.8 Å². The lowest BCUT2D eigenvalue weighted by Crippen LogP contribution is -2.68. The van der Waals surface area contributed by atoms with Crippen molar-refractivity contribution in [3.8, 4) is 0 Å². The van der Waals surface area contributed by atoms with E-state index in [2.05, 4.69) is 0 Å². The molecule has 0 aliphatic heterocycles. The molecule has 0 heterocycles. The number of Topliss-reactive ketones (excluding diaryl/α,β-unsaturated/α-hetero) is 1. The maximum Gasteiger partial charge on any atom is 0.303 e. The van der Waals surface area contributed by atoms with E-state index in [9.17, 15) is 9.59 Å². The minimum absolute atomic E-state index is 0.0215. The van der Waals surface area contributed by atoms with E-state index in [0.29, 0.717) is 24.0 Å². The van der Waals surface area contributed by atoms with E-state index in [1.165, 1.54) is 32.6 Å². The van der Waals surface area contributed by atoms with E-state index in [0.717, 1.165) is 25.7 Å². The largest absolute Gasteiger partial charge is 0.458 e. The third-order valence-electron chi connectivity index (χ3n) is 5.57. The fourth-order valence-corrected chi connectivity index (χ4v) is 5.00. The zero-order chi connectivity index (χ0) is 13.5. The van der Waals surface area contributed by atoms with Gasteiger partial charge in [-0.2, -0.15) is 0 Å². The van der Waals surface area contributed by atoms with E-state index in [1.54, 1.807) is 0 Å². The summed E-state index contributed by atoms with van der Waals surface area (Å²) in [5, 5.41) is 0. The fraction of sp³-hybridized carbons (Fsp3) is 0.875. The molecule has 4 atom stereocenters. The van der Waals surface area contributed by atoms with E-state index in [-0.39, 0.29) is 11.9 Å². The summed E-state index contributed by atoms with van der Waals surface area (Å²) in [6, 6.07) is 0. The van der Waals surface area contributed by atoms with Crippen molar-refractivity contribution in [3.63, 3.8) is 0 Å². The average molecular weight is 264 g/mol. The van der Waals surface area contributed by atoms with Gasteiger partial charge in [0.2, 0.25) is 0 Å². The van der Waals surface area contributed by atoms with Crippen molar-refractivity contribution in [2.24, 2.45) is 17.8 Å². The number of ether oxygens (including phenoxy) is 1. The molecule has 0 bridgehead atoms. The zero-order valence-electron chi connectivity index (χ0n) is 11.8.